The van der Waals surface area contributed by atoms with Crippen molar-refractivity contribution in [2.75, 3.05) is 0 Å². The van der Waals surface area contributed by atoms with E-state index in [1.165, 1.54) is 0 Å². The summed E-state index contributed by atoms with van der Waals surface area (Å²) in [6.45, 7) is 0. The van der Waals surface area contributed by atoms with Crippen molar-refractivity contribution >= 4 is 0 Å². The molecule has 0 saturated heterocycles. The van der Waals surface area contributed by atoms with Gasteiger partial charge in [-0.1, -0.05) is 5.16 Å². The Morgan fingerprint density at radius 1 is 1.32 bits per heavy atom. The third-order valence-corrected chi connectivity index (χ3v) is 2.73. The molecular formula is C12H12N6O. The average Bonchev–Trinajstić information content (AvgIpc) is 3.08. The van der Waals surface area contributed by atoms with Gasteiger partial charge in [0.25, 0.3) is 0 Å². The standard InChI is InChI=1S/C12H12N6O/c1-18-7-9(6-15-18)10(13)12-16-11(17-19-12)8-2-4-14-5-3-8/h2-7,10H,13H2,1H3. The van der Waals surface area contributed by atoms with Gasteiger partial charge in [-0.2, -0.15) is 10.1 Å². The monoisotopic (exact) mass is 256 g/mol. The van der Waals surface area contributed by atoms with E-state index in [0.29, 0.717) is 11.7 Å². The molecule has 96 valence electrons. The third kappa shape index (κ3) is 2.23. The number of aryl methyl sites for hydroxylation is 1. The molecule has 0 saturated carbocycles. The number of nitrogens with two attached hydrogens (primary N) is 1. The molecule has 3 aromatic heterocycles. The fourth-order valence-electron chi connectivity index (χ4n) is 1.72. The van der Waals surface area contributed by atoms with Crippen LogP contribution < -0.4 is 5.73 Å². The Labute approximate surface area is 109 Å². The van der Waals surface area contributed by atoms with Crippen molar-refractivity contribution in [3.63, 3.8) is 0 Å². The fraction of sp³-hybridized carbons (Fsp3) is 0.167. The normalized spacial score (nSPS) is 12.5. The summed E-state index contributed by atoms with van der Waals surface area (Å²) in [6, 6.07) is 3.14. The topological polar surface area (TPSA) is 95.7 Å². The Morgan fingerprint density at radius 3 is 2.79 bits per heavy atom. The Kier molecular flexibility index (Phi) is 2.81. The number of hydrogen-bond donors (Lipinski definition) is 1. The number of hydrogen-bond acceptors (Lipinski definition) is 6. The van der Waals surface area contributed by atoms with Gasteiger partial charge in [0.2, 0.25) is 11.7 Å². The molecule has 1 unspecified atom stereocenters. The SMILES string of the molecule is Cn1cc(C(N)c2nc(-c3ccncc3)no2)cn1. The van der Waals surface area contributed by atoms with Gasteiger partial charge in [-0.15, -0.1) is 0 Å². The Balaban J connectivity index is 1.89. The predicted octanol–water partition coefficient (Wildman–Crippen LogP) is 0.913. The first kappa shape index (κ1) is 11.5. The van der Waals surface area contributed by atoms with Crippen LogP contribution in [0.15, 0.2) is 41.4 Å². The summed E-state index contributed by atoms with van der Waals surface area (Å²) >= 11 is 0. The third-order valence-electron chi connectivity index (χ3n) is 2.73. The van der Waals surface area contributed by atoms with Gasteiger partial charge < -0.3 is 10.3 Å². The van der Waals surface area contributed by atoms with E-state index in [0.717, 1.165) is 11.1 Å². The van der Waals surface area contributed by atoms with Gasteiger partial charge in [-0.05, 0) is 12.1 Å². The van der Waals surface area contributed by atoms with Crippen molar-refractivity contribution in [3.05, 3.63) is 48.4 Å². The highest BCUT2D eigenvalue weighted by atomic mass is 16.5. The summed E-state index contributed by atoms with van der Waals surface area (Å²) in [5.74, 6) is 0.858. The van der Waals surface area contributed by atoms with Gasteiger partial charge in [-0.25, -0.2) is 0 Å². The van der Waals surface area contributed by atoms with E-state index >= 15 is 0 Å². The lowest BCUT2D eigenvalue weighted by atomic mass is 10.2. The first-order valence-corrected chi connectivity index (χ1v) is 5.72. The van der Waals surface area contributed by atoms with Gasteiger partial charge in [-0.3, -0.25) is 9.67 Å². The zero-order valence-corrected chi connectivity index (χ0v) is 10.3. The van der Waals surface area contributed by atoms with Crippen molar-refractivity contribution in [2.45, 2.75) is 6.04 Å². The second kappa shape index (κ2) is 4.62. The van der Waals surface area contributed by atoms with Gasteiger partial charge in [0.15, 0.2) is 0 Å². The molecule has 3 rings (SSSR count). The van der Waals surface area contributed by atoms with Crippen LogP contribution in [0.2, 0.25) is 0 Å². The Hall–Kier alpha value is -2.54. The molecule has 1 atom stereocenters. The first-order chi connectivity index (χ1) is 9.24. The average molecular weight is 256 g/mol. The minimum absolute atomic E-state index is 0.361. The molecule has 7 heteroatoms. The zero-order valence-electron chi connectivity index (χ0n) is 10.3. The van der Waals surface area contributed by atoms with Gasteiger partial charge in [0, 0.05) is 36.8 Å². The van der Waals surface area contributed by atoms with Crippen molar-refractivity contribution in [1.29, 1.82) is 0 Å². The molecule has 0 spiro atoms. The molecule has 0 aliphatic carbocycles. The van der Waals surface area contributed by atoms with Gasteiger partial charge in [0.1, 0.15) is 6.04 Å². The van der Waals surface area contributed by atoms with Crippen molar-refractivity contribution in [1.82, 2.24) is 24.9 Å². The second-order valence-electron chi connectivity index (χ2n) is 4.12. The highest BCUT2D eigenvalue weighted by Crippen LogP contribution is 2.20. The van der Waals surface area contributed by atoms with E-state index in [2.05, 4.69) is 20.2 Å². The maximum Gasteiger partial charge on any atom is 0.248 e. The van der Waals surface area contributed by atoms with E-state index in [1.807, 2.05) is 25.4 Å². The van der Waals surface area contributed by atoms with Gasteiger partial charge in [0.05, 0.1) is 6.20 Å². The van der Waals surface area contributed by atoms with E-state index in [9.17, 15) is 0 Å². The highest BCUT2D eigenvalue weighted by Gasteiger charge is 2.18. The van der Waals surface area contributed by atoms with Gasteiger partial charge >= 0.3 is 0 Å². The lowest BCUT2D eigenvalue weighted by Gasteiger charge is -2.01. The lowest BCUT2D eigenvalue weighted by molar-refractivity contribution is 0.367. The van der Waals surface area contributed by atoms with Crippen molar-refractivity contribution < 1.29 is 4.52 Å². The van der Waals surface area contributed by atoms with Crippen LogP contribution in [0, 0.1) is 0 Å². The summed E-state index contributed by atoms with van der Waals surface area (Å²) in [5, 5.41) is 7.99. The first-order valence-electron chi connectivity index (χ1n) is 5.72. The minimum Gasteiger partial charge on any atom is -0.337 e. The summed E-state index contributed by atoms with van der Waals surface area (Å²) in [5.41, 5.74) is 7.72. The zero-order chi connectivity index (χ0) is 13.2. The van der Waals surface area contributed by atoms with E-state index < -0.39 is 6.04 Å². The fourth-order valence-corrected chi connectivity index (χ4v) is 1.72. The van der Waals surface area contributed by atoms with Crippen molar-refractivity contribution in [2.24, 2.45) is 12.8 Å². The van der Waals surface area contributed by atoms with E-state index in [-0.39, 0.29) is 0 Å². The van der Waals surface area contributed by atoms with Crippen LogP contribution in [0.25, 0.3) is 11.4 Å². The maximum atomic E-state index is 6.06. The number of rotatable bonds is 3. The number of pyridine rings is 1. The van der Waals surface area contributed by atoms with E-state index in [4.69, 9.17) is 10.3 Å². The molecule has 3 heterocycles. The molecule has 19 heavy (non-hydrogen) atoms. The van der Waals surface area contributed by atoms with Crippen LogP contribution in [0.5, 0.6) is 0 Å². The van der Waals surface area contributed by atoms with Crippen LogP contribution >= 0.6 is 0 Å². The Bertz CT molecular complexity index is 674. The van der Waals surface area contributed by atoms with Crippen LogP contribution in [-0.4, -0.2) is 24.9 Å². The molecule has 7 nitrogen and oxygen atoms in total. The maximum absolute atomic E-state index is 6.06. The summed E-state index contributed by atoms with van der Waals surface area (Å²) in [4.78, 5) is 8.24. The largest absolute Gasteiger partial charge is 0.337 e. The second-order valence-corrected chi connectivity index (χ2v) is 4.12. The molecule has 2 N–H and O–H groups in total. The molecule has 0 aromatic carbocycles. The quantitative estimate of drug-likeness (QED) is 0.748. The van der Waals surface area contributed by atoms with Crippen LogP contribution in [0.3, 0.4) is 0 Å². The molecule has 0 aliphatic heterocycles. The predicted molar refractivity (Wildman–Crippen MR) is 66.8 cm³/mol. The lowest BCUT2D eigenvalue weighted by Crippen LogP contribution is -2.11. The Morgan fingerprint density at radius 2 is 2.11 bits per heavy atom. The smallest absolute Gasteiger partial charge is 0.248 e. The van der Waals surface area contributed by atoms with Crippen molar-refractivity contribution in [3.8, 4) is 11.4 Å². The molecular weight excluding hydrogens is 244 g/mol. The molecule has 0 fully saturated rings. The molecule has 0 radical (unpaired) electrons. The van der Waals surface area contributed by atoms with Crippen LogP contribution in [0.1, 0.15) is 17.5 Å². The number of nitrogens with zero attached hydrogens (tertiary/aromatic N) is 5. The summed E-state index contributed by atoms with van der Waals surface area (Å²) in [6.07, 6.45) is 6.85. The minimum atomic E-state index is -0.475. The van der Waals surface area contributed by atoms with Crippen LogP contribution in [-0.2, 0) is 7.05 Å². The highest BCUT2D eigenvalue weighted by molar-refractivity contribution is 5.52. The molecule has 0 amide bonds. The molecule has 0 aliphatic rings. The van der Waals surface area contributed by atoms with E-state index in [1.54, 1.807) is 23.3 Å². The number of aromatic nitrogens is 5. The molecule has 0 bridgehead atoms. The molecule has 3 aromatic rings. The summed E-state index contributed by atoms with van der Waals surface area (Å²) in [7, 11) is 1.83. The van der Waals surface area contributed by atoms with Crippen LogP contribution in [0.4, 0.5) is 0 Å². The summed E-state index contributed by atoms with van der Waals surface area (Å²) < 4.78 is 6.88.